The second-order valence-electron chi connectivity index (χ2n) is 6.05. The summed E-state index contributed by atoms with van der Waals surface area (Å²) in [5.74, 6) is -0.579. The third kappa shape index (κ3) is 3.40. The maximum absolute atomic E-state index is 12.0. The minimum absolute atomic E-state index is 0.0543. The predicted octanol–water partition coefficient (Wildman–Crippen LogP) is 3.10. The summed E-state index contributed by atoms with van der Waals surface area (Å²) in [6, 6.07) is 4.41. The van der Waals surface area contributed by atoms with Gasteiger partial charge in [-0.25, -0.2) is 4.79 Å². The Morgan fingerprint density at radius 2 is 2.00 bits per heavy atom. The van der Waals surface area contributed by atoms with E-state index in [2.05, 4.69) is 13.8 Å². The molecule has 4 heteroatoms. The third-order valence-corrected chi connectivity index (χ3v) is 3.80. The predicted molar refractivity (Wildman–Crippen MR) is 74.0 cm³/mol. The van der Waals surface area contributed by atoms with Crippen molar-refractivity contribution >= 4 is 11.7 Å². The van der Waals surface area contributed by atoms with E-state index in [1.807, 2.05) is 0 Å². The number of hydrogen-bond donors (Lipinski definition) is 2. The Hall–Kier alpha value is -1.71. The number of anilines is 1. The van der Waals surface area contributed by atoms with Crippen molar-refractivity contribution in [3.63, 3.8) is 0 Å². The van der Waals surface area contributed by atoms with Crippen LogP contribution in [0.4, 0.5) is 5.69 Å². The molecule has 104 valence electrons. The molecule has 0 aromatic heterocycles. The molecule has 0 radical (unpaired) electrons. The van der Waals surface area contributed by atoms with Gasteiger partial charge in [0.1, 0.15) is 17.4 Å². The van der Waals surface area contributed by atoms with Crippen LogP contribution in [0.2, 0.25) is 0 Å². The van der Waals surface area contributed by atoms with Crippen molar-refractivity contribution in [2.75, 3.05) is 5.73 Å². The first kappa shape index (κ1) is 13.7. The van der Waals surface area contributed by atoms with Gasteiger partial charge in [0.25, 0.3) is 0 Å². The first-order chi connectivity index (χ1) is 8.87. The van der Waals surface area contributed by atoms with Gasteiger partial charge in [-0.15, -0.1) is 0 Å². The summed E-state index contributed by atoms with van der Waals surface area (Å²) in [4.78, 5) is 12.0. The standard InChI is InChI=1S/C15H21NO3/c1-15(2)7-5-11(6-8-15)19-14(18)12-9-10(16)3-4-13(12)17/h3-4,9,11,17H,5-8,16H2,1-2H3. The first-order valence-electron chi connectivity index (χ1n) is 6.67. The number of rotatable bonds is 2. The van der Waals surface area contributed by atoms with E-state index in [0.29, 0.717) is 11.1 Å². The van der Waals surface area contributed by atoms with E-state index >= 15 is 0 Å². The minimum Gasteiger partial charge on any atom is -0.507 e. The summed E-state index contributed by atoms with van der Waals surface area (Å²) in [5.41, 5.74) is 6.53. The van der Waals surface area contributed by atoms with Gasteiger partial charge >= 0.3 is 5.97 Å². The molecule has 3 N–H and O–H groups in total. The van der Waals surface area contributed by atoms with Crippen LogP contribution >= 0.6 is 0 Å². The topological polar surface area (TPSA) is 72.5 Å². The molecular weight excluding hydrogens is 242 g/mol. The number of carbonyl (C=O) groups excluding carboxylic acids is 1. The molecule has 0 unspecified atom stereocenters. The molecule has 19 heavy (non-hydrogen) atoms. The third-order valence-electron chi connectivity index (χ3n) is 3.80. The van der Waals surface area contributed by atoms with Crippen LogP contribution in [0.25, 0.3) is 0 Å². The first-order valence-corrected chi connectivity index (χ1v) is 6.67. The van der Waals surface area contributed by atoms with Crippen molar-refractivity contribution in [1.82, 2.24) is 0 Å². The molecular formula is C15H21NO3. The molecule has 0 atom stereocenters. The van der Waals surface area contributed by atoms with Crippen LogP contribution in [0.5, 0.6) is 5.75 Å². The Labute approximate surface area is 113 Å². The van der Waals surface area contributed by atoms with E-state index in [0.717, 1.165) is 25.7 Å². The van der Waals surface area contributed by atoms with Gasteiger partial charge < -0.3 is 15.6 Å². The number of nitrogens with two attached hydrogens (primary N) is 1. The second-order valence-corrected chi connectivity index (χ2v) is 6.05. The summed E-state index contributed by atoms with van der Waals surface area (Å²) >= 11 is 0. The summed E-state index contributed by atoms with van der Waals surface area (Å²) in [6.45, 7) is 4.46. The fourth-order valence-electron chi connectivity index (χ4n) is 2.42. The highest BCUT2D eigenvalue weighted by Gasteiger charge is 2.29. The quantitative estimate of drug-likeness (QED) is 0.488. The number of benzene rings is 1. The summed E-state index contributed by atoms with van der Waals surface area (Å²) in [6.07, 6.45) is 3.80. The molecule has 0 aliphatic heterocycles. The number of phenolic OH excluding ortho intramolecular Hbond substituents is 1. The summed E-state index contributed by atoms with van der Waals surface area (Å²) in [7, 11) is 0. The monoisotopic (exact) mass is 263 g/mol. The smallest absolute Gasteiger partial charge is 0.342 e. The Bertz CT molecular complexity index is 472. The van der Waals surface area contributed by atoms with Crippen molar-refractivity contribution in [3.8, 4) is 5.75 Å². The highest BCUT2D eigenvalue weighted by Crippen LogP contribution is 2.36. The van der Waals surface area contributed by atoms with Crippen LogP contribution < -0.4 is 5.73 Å². The zero-order valence-electron chi connectivity index (χ0n) is 11.5. The molecule has 2 rings (SSSR count). The van der Waals surface area contributed by atoms with Gasteiger partial charge in [-0.1, -0.05) is 13.8 Å². The normalized spacial score (nSPS) is 19.1. The maximum Gasteiger partial charge on any atom is 0.342 e. The Morgan fingerprint density at radius 1 is 1.37 bits per heavy atom. The van der Waals surface area contributed by atoms with Crippen molar-refractivity contribution in [2.45, 2.75) is 45.6 Å². The number of hydrogen-bond acceptors (Lipinski definition) is 4. The Kier molecular flexibility index (Phi) is 3.69. The number of phenols is 1. The van der Waals surface area contributed by atoms with Gasteiger partial charge in [0.05, 0.1) is 0 Å². The molecule has 0 heterocycles. The largest absolute Gasteiger partial charge is 0.507 e. The van der Waals surface area contributed by atoms with Crippen LogP contribution in [0.3, 0.4) is 0 Å². The molecule has 1 aromatic carbocycles. The lowest BCUT2D eigenvalue weighted by molar-refractivity contribution is 0.00926. The molecule has 1 aromatic rings. The highest BCUT2D eigenvalue weighted by atomic mass is 16.5. The molecule has 1 aliphatic rings. The van der Waals surface area contributed by atoms with Crippen LogP contribution in [0.15, 0.2) is 18.2 Å². The fraction of sp³-hybridized carbons (Fsp3) is 0.533. The van der Waals surface area contributed by atoms with Gasteiger partial charge in [0.15, 0.2) is 0 Å². The summed E-state index contributed by atoms with van der Waals surface area (Å²) in [5, 5.41) is 9.66. The zero-order chi connectivity index (χ0) is 14.0. The van der Waals surface area contributed by atoms with Crippen LogP contribution in [-0.2, 0) is 4.74 Å². The lowest BCUT2D eigenvalue weighted by Gasteiger charge is -2.33. The number of esters is 1. The maximum atomic E-state index is 12.0. The second kappa shape index (κ2) is 5.11. The number of aromatic hydroxyl groups is 1. The average molecular weight is 263 g/mol. The van der Waals surface area contributed by atoms with E-state index in [4.69, 9.17) is 10.5 Å². The zero-order valence-corrected chi connectivity index (χ0v) is 11.5. The van der Waals surface area contributed by atoms with E-state index in [9.17, 15) is 9.90 Å². The van der Waals surface area contributed by atoms with Gasteiger partial charge in [-0.2, -0.15) is 0 Å². The molecule has 1 fully saturated rings. The Morgan fingerprint density at radius 3 is 2.63 bits per heavy atom. The van der Waals surface area contributed by atoms with E-state index < -0.39 is 5.97 Å². The molecule has 0 amide bonds. The lowest BCUT2D eigenvalue weighted by Crippen LogP contribution is -2.28. The summed E-state index contributed by atoms with van der Waals surface area (Å²) < 4.78 is 5.45. The number of nitrogen functional groups attached to an aromatic ring is 1. The van der Waals surface area contributed by atoms with Crippen molar-refractivity contribution in [3.05, 3.63) is 23.8 Å². The van der Waals surface area contributed by atoms with Gasteiger partial charge in [-0.3, -0.25) is 0 Å². The van der Waals surface area contributed by atoms with Crippen LogP contribution in [0, 0.1) is 5.41 Å². The minimum atomic E-state index is -0.491. The van der Waals surface area contributed by atoms with Gasteiger partial charge in [0.2, 0.25) is 0 Å². The molecule has 0 spiro atoms. The lowest BCUT2D eigenvalue weighted by atomic mass is 9.76. The van der Waals surface area contributed by atoms with Crippen LogP contribution in [0.1, 0.15) is 49.9 Å². The highest BCUT2D eigenvalue weighted by molar-refractivity contribution is 5.93. The molecule has 0 bridgehead atoms. The van der Waals surface area contributed by atoms with Gasteiger partial charge in [-0.05, 0) is 49.3 Å². The van der Waals surface area contributed by atoms with Crippen molar-refractivity contribution in [1.29, 1.82) is 0 Å². The van der Waals surface area contributed by atoms with Crippen molar-refractivity contribution in [2.24, 2.45) is 5.41 Å². The molecule has 1 aliphatic carbocycles. The SMILES string of the molecule is CC1(C)CCC(OC(=O)c2cc(N)ccc2O)CC1. The van der Waals surface area contributed by atoms with Gasteiger partial charge in [0, 0.05) is 5.69 Å². The van der Waals surface area contributed by atoms with E-state index in [-0.39, 0.29) is 17.4 Å². The average Bonchev–Trinajstić information content (AvgIpc) is 2.35. The fourth-order valence-corrected chi connectivity index (χ4v) is 2.42. The molecule has 4 nitrogen and oxygen atoms in total. The molecule has 0 saturated heterocycles. The van der Waals surface area contributed by atoms with Crippen molar-refractivity contribution < 1.29 is 14.6 Å². The Balaban J connectivity index is 2.00. The number of ether oxygens (including phenoxy) is 1. The van der Waals surface area contributed by atoms with E-state index in [1.54, 1.807) is 6.07 Å². The van der Waals surface area contributed by atoms with Crippen LogP contribution in [-0.4, -0.2) is 17.2 Å². The molecule has 1 saturated carbocycles. The number of carbonyl (C=O) groups is 1. The van der Waals surface area contributed by atoms with E-state index in [1.165, 1.54) is 12.1 Å².